The van der Waals surface area contributed by atoms with Crippen LogP contribution in [0, 0.1) is 6.92 Å². The maximum absolute atomic E-state index is 11.6. The molecular formula is C17H28N4O2S. The van der Waals surface area contributed by atoms with Gasteiger partial charge >= 0.3 is 0 Å². The van der Waals surface area contributed by atoms with E-state index in [1.165, 1.54) is 0 Å². The lowest BCUT2D eigenvalue weighted by molar-refractivity contribution is 0.378. The van der Waals surface area contributed by atoms with Crippen molar-refractivity contribution in [3.05, 3.63) is 17.6 Å². The van der Waals surface area contributed by atoms with Crippen molar-refractivity contribution in [3.8, 4) is 0 Å². The Labute approximate surface area is 145 Å². The third kappa shape index (κ3) is 4.45. The fourth-order valence-corrected chi connectivity index (χ4v) is 5.38. The highest BCUT2D eigenvalue weighted by atomic mass is 32.2. The van der Waals surface area contributed by atoms with Gasteiger partial charge < -0.3 is 10.2 Å². The second-order valence-electron chi connectivity index (χ2n) is 7.04. The Morgan fingerprint density at radius 2 is 1.96 bits per heavy atom. The Balaban J connectivity index is 1.55. The molecule has 3 rings (SSSR count). The Bertz CT molecular complexity index is 669. The van der Waals surface area contributed by atoms with Gasteiger partial charge in [0.15, 0.2) is 9.84 Å². The number of hydrogen-bond donors (Lipinski definition) is 1. The van der Waals surface area contributed by atoms with Gasteiger partial charge in [-0.05, 0) is 32.6 Å². The van der Waals surface area contributed by atoms with Crippen molar-refractivity contribution in [2.24, 2.45) is 0 Å². The molecule has 134 valence electrons. The molecule has 2 saturated heterocycles. The molecule has 0 aliphatic carbocycles. The molecule has 0 aromatic carbocycles. The number of nitrogens with zero attached hydrogens (tertiary/aromatic N) is 3. The van der Waals surface area contributed by atoms with Crippen LogP contribution in [0.25, 0.3) is 0 Å². The van der Waals surface area contributed by atoms with Crippen LogP contribution in [0.2, 0.25) is 0 Å². The van der Waals surface area contributed by atoms with Crippen molar-refractivity contribution in [2.75, 3.05) is 29.5 Å². The molecule has 2 aliphatic heterocycles. The van der Waals surface area contributed by atoms with E-state index in [0.717, 1.165) is 62.5 Å². The largest absolute Gasteiger partial charge is 0.356 e. The summed E-state index contributed by atoms with van der Waals surface area (Å²) in [6.45, 7) is 6.04. The lowest BCUT2D eigenvalue weighted by Crippen LogP contribution is -2.46. The summed E-state index contributed by atoms with van der Waals surface area (Å²) >= 11 is 0. The molecule has 0 unspecified atom stereocenters. The molecule has 1 N–H and O–H groups in total. The third-order valence-electron chi connectivity index (χ3n) is 4.91. The quantitative estimate of drug-likeness (QED) is 0.865. The Morgan fingerprint density at radius 3 is 2.58 bits per heavy atom. The zero-order valence-electron chi connectivity index (χ0n) is 14.7. The van der Waals surface area contributed by atoms with Crippen LogP contribution >= 0.6 is 0 Å². The summed E-state index contributed by atoms with van der Waals surface area (Å²) in [5.74, 6) is 2.52. The molecule has 0 spiro atoms. The first kappa shape index (κ1) is 17.6. The molecule has 3 heterocycles. The van der Waals surface area contributed by atoms with Gasteiger partial charge in [0.1, 0.15) is 11.6 Å². The lowest BCUT2D eigenvalue weighted by atomic mass is 10.0. The molecule has 1 aromatic heterocycles. The van der Waals surface area contributed by atoms with Crippen molar-refractivity contribution < 1.29 is 8.42 Å². The Hall–Kier alpha value is -1.21. The number of aryl methyl sites for hydroxylation is 2. The first-order valence-electron chi connectivity index (χ1n) is 9.01. The fraction of sp³-hybridized carbons (Fsp3) is 0.765. The first-order chi connectivity index (χ1) is 11.4. The van der Waals surface area contributed by atoms with Gasteiger partial charge in [0, 0.05) is 36.9 Å². The monoisotopic (exact) mass is 352 g/mol. The highest BCUT2D eigenvalue weighted by Gasteiger charge is 2.30. The van der Waals surface area contributed by atoms with E-state index in [4.69, 9.17) is 0 Å². The van der Waals surface area contributed by atoms with E-state index in [0.29, 0.717) is 17.5 Å². The highest BCUT2D eigenvalue weighted by molar-refractivity contribution is 7.91. The van der Waals surface area contributed by atoms with Gasteiger partial charge in [-0.25, -0.2) is 18.4 Å². The number of anilines is 1. The van der Waals surface area contributed by atoms with E-state index < -0.39 is 9.84 Å². The average Bonchev–Trinajstić information content (AvgIpc) is 2.86. The number of piperidine rings is 1. The minimum absolute atomic E-state index is 0.143. The van der Waals surface area contributed by atoms with Crippen LogP contribution in [0.3, 0.4) is 0 Å². The number of aromatic nitrogens is 2. The van der Waals surface area contributed by atoms with Crippen molar-refractivity contribution >= 4 is 15.7 Å². The molecule has 2 fully saturated rings. The van der Waals surface area contributed by atoms with Gasteiger partial charge in [0.2, 0.25) is 0 Å². The fourth-order valence-electron chi connectivity index (χ4n) is 3.69. The summed E-state index contributed by atoms with van der Waals surface area (Å²) in [5, 5.41) is 3.55. The van der Waals surface area contributed by atoms with Crippen LogP contribution in [-0.4, -0.2) is 55.1 Å². The topological polar surface area (TPSA) is 75.2 Å². The maximum atomic E-state index is 11.6. The molecular weight excluding hydrogens is 324 g/mol. The van der Waals surface area contributed by atoms with Crippen LogP contribution in [0.15, 0.2) is 6.07 Å². The van der Waals surface area contributed by atoms with Crippen molar-refractivity contribution in [3.63, 3.8) is 0 Å². The van der Waals surface area contributed by atoms with Crippen LogP contribution in [0.4, 0.5) is 5.82 Å². The highest BCUT2D eigenvalue weighted by Crippen LogP contribution is 2.21. The van der Waals surface area contributed by atoms with Crippen molar-refractivity contribution in [1.29, 1.82) is 0 Å². The normalized spacial score (nSPS) is 24.4. The smallest absolute Gasteiger partial charge is 0.151 e. The lowest BCUT2D eigenvalue weighted by Gasteiger charge is -2.34. The van der Waals surface area contributed by atoms with Gasteiger partial charge in [-0.3, -0.25) is 0 Å². The van der Waals surface area contributed by atoms with Crippen LogP contribution in [0.1, 0.15) is 44.1 Å². The third-order valence-corrected chi connectivity index (χ3v) is 6.67. The number of sulfone groups is 1. The Kier molecular flexibility index (Phi) is 5.39. The first-order valence-corrected chi connectivity index (χ1v) is 10.8. The summed E-state index contributed by atoms with van der Waals surface area (Å²) in [4.78, 5) is 11.4. The van der Waals surface area contributed by atoms with E-state index in [9.17, 15) is 8.42 Å². The molecule has 6 nitrogen and oxygen atoms in total. The zero-order chi connectivity index (χ0) is 17.2. The predicted molar refractivity (Wildman–Crippen MR) is 96.2 cm³/mol. The standard InChI is InChI=1S/C17H28N4O2S/c1-3-4-15-11-17(19-13(2)18-15)21-8-5-14(6-9-21)20-16-7-10-24(22,23)12-16/h11,14,16,20H,3-10,12H2,1-2H3/t16-/m1/s1. The summed E-state index contributed by atoms with van der Waals surface area (Å²) in [7, 11) is -2.80. The molecule has 0 saturated carbocycles. The molecule has 7 heteroatoms. The van der Waals surface area contributed by atoms with Gasteiger partial charge in [0.25, 0.3) is 0 Å². The second-order valence-corrected chi connectivity index (χ2v) is 9.27. The van der Waals surface area contributed by atoms with Gasteiger partial charge in [-0.1, -0.05) is 13.3 Å². The average molecular weight is 353 g/mol. The van der Waals surface area contributed by atoms with E-state index in [-0.39, 0.29) is 6.04 Å². The van der Waals surface area contributed by atoms with E-state index in [2.05, 4.69) is 33.2 Å². The number of nitrogens with one attached hydrogen (secondary N) is 1. The van der Waals surface area contributed by atoms with Crippen molar-refractivity contribution in [2.45, 2.75) is 58.0 Å². The Morgan fingerprint density at radius 1 is 1.21 bits per heavy atom. The summed E-state index contributed by atoms with van der Waals surface area (Å²) in [6.07, 6.45) is 4.90. The maximum Gasteiger partial charge on any atom is 0.151 e. The molecule has 2 aliphatic rings. The minimum atomic E-state index is -2.80. The summed E-state index contributed by atoms with van der Waals surface area (Å²) in [6, 6.07) is 2.68. The van der Waals surface area contributed by atoms with Crippen LogP contribution in [-0.2, 0) is 16.3 Å². The van der Waals surface area contributed by atoms with Gasteiger partial charge in [-0.15, -0.1) is 0 Å². The molecule has 24 heavy (non-hydrogen) atoms. The summed E-state index contributed by atoms with van der Waals surface area (Å²) < 4.78 is 23.1. The summed E-state index contributed by atoms with van der Waals surface area (Å²) in [5.41, 5.74) is 1.12. The van der Waals surface area contributed by atoms with E-state index >= 15 is 0 Å². The SMILES string of the molecule is CCCc1cc(N2CCC(N[C@@H]3CCS(=O)(=O)C3)CC2)nc(C)n1. The van der Waals surface area contributed by atoms with Crippen LogP contribution in [0.5, 0.6) is 0 Å². The van der Waals surface area contributed by atoms with Gasteiger partial charge in [-0.2, -0.15) is 0 Å². The number of hydrogen-bond acceptors (Lipinski definition) is 6. The van der Waals surface area contributed by atoms with E-state index in [1.54, 1.807) is 0 Å². The molecule has 0 amide bonds. The molecule has 1 atom stereocenters. The molecule has 0 radical (unpaired) electrons. The van der Waals surface area contributed by atoms with E-state index in [1.807, 2.05) is 6.92 Å². The zero-order valence-corrected chi connectivity index (χ0v) is 15.5. The number of rotatable bonds is 5. The molecule has 1 aromatic rings. The van der Waals surface area contributed by atoms with Crippen molar-refractivity contribution in [1.82, 2.24) is 15.3 Å². The minimum Gasteiger partial charge on any atom is -0.356 e. The molecule has 0 bridgehead atoms. The van der Waals surface area contributed by atoms with Crippen LogP contribution < -0.4 is 10.2 Å². The van der Waals surface area contributed by atoms with Gasteiger partial charge in [0.05, 0.1) is 11.5 Å². The second kappa shape index (κ2) is 7.35. The predicted octanol–water partition coefficient (Wildman–Crippen LogP) is 1.48.